The lowest BCUT2D eigenvalue weighted by Gasteiger charge is -2.23. The minimum atomic E-state index is 0.0748. The number of benzene rings is 1. The number of aryl methyl sites for hydroxylation is 1. The van der Waals surface area contributed by atoms with Crippen molar-refractivity contribution in [2.75, 3.05) is 13.2 Å². The van der Waals surface area contributed by atoms with E-state index in [4.69, 9.17) is 15.2 Å². The van der Waals surface area contributed by atoms with E-state index in [-0.39, 0.29) is 6.04 Å². The Morgan fingerprint density at radius 1 is 1.18 bits per heavy atom. The molecule has 94 valence electrons. The van der Waals surface area contributed by atoms with Crippen molar-refractivity contribution in [3.8, 4) is 11.5 Å². The first-order chi connectivity index (χ1) is 8.08. The first-order valence-electron chi connectivity index (χ1n) is 6.23. The van der Waals surface area contributed by atoms with Crippen LogP contribution in [-0.2, 0) is 0 Å². The molecule has 2 rings (SSSR count). The molecule has 1 atom stereocenters. The van der Waals surface area contributed by atoms with Crippen molar-refractivity contribution in [2.45, 2.75) is 33.2 Å². The van der Waals surface area contributed by atoms with Crippen LogP contribution in [0.1, 0.15) is 37.4 Å². The van der Waals surface area contributed by atoms with Gasteiger partial charge in [-0.2, -0.15) is 0 Å². The average Bonchev–Trinajstić information content (AvgIpc) is 2.27. The highest BCUT2D eigenvalue weighted by molar-refractivity contribution is 5.48. The van der Waals surface area contributed by atoms with Gasteiger partial charge in [-0.15, -0.1) is 0 Å². The molecule has 1 aromatic carbocycles. The molecule has 0 aromatic heterocycles. The van der Waals surface area contributed by atoms with E-state index < -0.39 is 0 Å². The minimum Gasteiger partial charge on any atom is -0.486 e. The van der Waals surface area contributed by atoms with Crippen molar-refractivity contribution in [3.05, 3.63) is 23.3 Å². The van der Waals surface area contributed by atoms with E-state index >= 15 is 0 Å². The molecule has 0 bridgehead atoms. The summed E-state index contributed by atoms with van der Waals surface area (Å²) in [6.07, 6.45) is 0.987. The van der Waals surface area contributed by atoms with Crippen LogP contribution in [0.5, 0.6) is 11.5 Å². The molecule has 0 saturated heterocycles. The zero-order valence-corrected chi connectivity index (χ0v) is 10.8. The van der Waals surface area contributed by atoms with Crippen LogP contribution in [0.4, 0.5) is 0 Å². The molecule has 2 N–H and O–H groups in total. The second-order valence-electron chi connectivity index (χ2n) is 5.09. The first-order valence-corrected chi connectivity index (χ1v) is 6.23. The van der Waals surface area contributed by atoms with Gasteiger partial charge in [-0.05, 0) is 42.5 Å². The molecule has 0 saturated carbocycles. The zero-order valence-electron chi connectivity index (χ0n) is 10.8. The summed E-state index contributed by atoms with van der Waals surface area (Å²) in [6.45, 7) is 7.70. The smallest absolute Gasteiger partial charge is 0.161 e. The van der Waals surface area contributed by atoms with Crippen LogP contribution in [0.25, 0.3) is 0 Å². The van der Waals surface area contributed by atoms with Gasteiger partial charge in [-0.1, -0.05) is 13.8 Å². The molecule has 1 aliphatic rings. The third kappa shape index (κ3) is 2.72. The maximum atomic E-state index is 6.23. The van der Waals surface area contributed by atoms with Crippen molar-refractivity contribution in [1.29, 1.82) is 0 Å². The Hall–Kier alpha value is -1.22. The average molecular weight is 235 g/mol. The number of hydrogen-bond donors (Lipinski definition) is 1. The van der Waals surface area contributed by atoms with E-state index in [1.807, 2.05) is 12.1 Å². The maximum Gasteiger partial charge on any atom is 0.161 e. The zero-order chi connectivity index (χ0) is 12.4. The summed E-state index contributed by atoms with van der Waals surface area (Å²) in [4.78, 5) is 0. The summed E-state index contributed by atoms with van der Waals surface area (Å²) in [7, 11) is 0. The fraction of sp³-hybridized carbons (Fsp3) is 0.571. The number of hydrogen-bond acceptors (Lipinski definition) is 3. The molecule has 0 spiro atoms. The molecule has 1 heterocycles. The van der Waals surface area contributed by atoms with E-state index in [9.17, 15) is 0 Å². The SMILES string of the molecule is Cc1cc2c(cc1C(N)CC(C)C)OCCO2. The normalized spacial score (nSPS) is 16.1. The van der Waals surface area contributed by atoms with Gasteiger partial charge in [0.25, 0.3) is 0 Å². The highest BCUT2D eigenvalue weighted by Crippen LogP contribution is 2.35. The molecule has 0 fully saturated rings. The monoisotopic (exact) mass is 235 g/mol. The summed E-state index contributed by atoms with van der Waals surface area (Å²) in [5.74, 6) is 2.27. The van der Waals surface area contributed by atoms with Crippen LogP contribution in [0.3, 0.4) is 0 Å². The topological polar surface area (TPSA) is 44.5 Å². The Kier molecular flexibility index (Phi) is 3.57. The van der Waals surface area contributed by atoms with Gasteiger partial charge in [0.2, 0.25) is 0 Å². The Morgan fingerprint density at radius 3 is 2.35 bits per heavy atom. The Balaban J connectivity index is 2.28. The quantitative estimate of drug-likeness (QED) is 0.876. The molecule has 1 aliphatic heterocycles. The van der Waals surface area contributed by atoms with Gasteiger partial charge in [0.1, 0.15) is 13.2 Å². The van der Waals surface area contributed by atoms with Crippen LogP contribution >= 0.6 is 0 Å². The van der Waals surface area contributed by atoms with Crippen LogP contribution < -0.4 is 15.2 Å². The Bertz CT molecular complexity index is 401. The fourth-order valence-corrected chi connectivity index (χ4v) is 2.24. The number of ether oxygens (including phenoxy) is 2. The summed E-state index contributed by atoms with van der Waals surface area (Å²) >= 11 is 0. The van der Waals surface area contributed by atoms with Gasteiger partial charge in [-0.25, -0.2) is 0 Å². The summed E-state index contributed by atoms with van der Waals surface area (Å²) in [6, 6.07) is 4.15. The van der Waals surface area contributed by atoms with Gasteiger partial charge < -0.3 is 15.2 Å². The molecular weight excluding hydrogens is 214 g/mol. The second kappa shape index (κ2) is 4.96. The predicted molar refractivity (Wildman–Crippen MR) is 68.6 cm³/mol. The molecular formula is C14H21NO2. The second-order valence-corrected chi connectivity index (χ2v) is 5.09. The minimum absolute atomic E-state index is 0.0748. The highest BCUT2D eigenvalue weighted by Gasteiger charge is 2.18. The predicted octanol–water partition coefficient (Wildman–Crippen LogP) is 2.81. The van der Waals surface area contributed by atoms with Crippen molar-refractivity contribution >= 4 is 0 Å². The molecule has 17 heavy (non-hydrogen) atoms. The van der Waals surface area contributed by atoms with E-state index in [0.29, 0.717) is 19.1 Å². The van der Waals surface area contributed by atoms with Crippen molar-refractivity contribution < 1.29 is 9.47 Å². The number of fused-ring (bicyclic) bond motifs is 1. The van der Waals surface area contributed by atoms with E-state index in [1.54, 1.807) is 0 Å². The van der Waals surface area contributed by atoms with Gasteiger partial charge in [0.15, 0.2) is 11.5 Å². The van der Waals surface area contributed by atoms with Gasteiger partial charge >= 0.3 is 0 Å². The highest BCUT2D eigenvalue weighted by atomic mass is 16.6. The van der Waals surface area contributed by atoms with Gasteiger partial charge in [-0.3, -0.25) is 0 Å². The summed E-state index contributed by atoms with van der Waals surface area (Å²) < 4.78 is 11.1. The van der Waals surface area contributed by atoms with E-state index in [2.05, 4.69) is 20.8 Å². The number of rotatable bonds is 3. The van der Waals surface area contributed by atoms with E-state index in [0.717, 1.165) is 17.9 Å². The molecule has 1 aromatic rings. The molecule has 3 nitrogen and oxygen atoms in total. The lowest BCUT2D eigenvalue weighted by atomic mass is 9.94. The molecule has 3 heteroatoms. The number of nitrogens with two attached hydrogens (primary N) is 1. The van der Waals surface area contributed by atoms with Crippen LogP contribution in [0.15, 0.2) is 12.1 Å². The van der Waals surface area contributed by atoms with Crippen molar-refractivity contribution in [3.63, 3.8) is 0 Å². The summed E-state index contributed by atoms with van der Waals surface area (Å²) in [5, 5.41) is 0. The summed E-state index contributed by atoms with van der Waals surface area (Å²) in [5.41, 5.74) is 8.59. The standard InChI is InChI=1S/C14H21NO2/c1-9(2)6-12(15)11-8-14-13(7-10(11)3)16-4-5-17-14/h7-9,12H,4-6,15H2,1-3H3. The van der Waals surface area contributed by atoms with Crippen LogP contribution in [0.2, 0.25) is 0 Å². The molecule has 0 aliphatic carbocycles. The molecule has 1 unspecified atom stereocenters. The van der Waals surface area contributed by atoms with E-state index in [1.165, 1.54) is 11.1 Å². The lowest BCUT2D eigenvalue weighted by Crippen LogP contribution is -2.18. The molecule has 0 radical (unpaired) electrons. The molecule has 0 amide bonds. The Morgan fingerprint density at radius 2 is 1.76 bits per heavy atom. The van der Waals surface area contributed by atoms with Crippen molar-refractivity contribution in [2.24, 2.45) is 11.7 Å². The van der Waals surface area contributed by atoms with Crippen LogP contribution in [0, 0.1) is 12.8 Å². The Labute approximate surface area is 103 Å². The third-order valence-corrected chi connectivity index (χ3v) is 3.06. The van der Waals surface area contributed by atoms with Crippen LogP contribution in [-0.4, -0.2) is 13.2 Å². The largest absolute Gasteiger partial charge is 0.486 e. The first kappa shape index (κ1) is 12.2. The third-order valence-electron chi connectivity index (χ3n) is 3.06. The van der Waals surface area contributed by atoms with Gasteiger partial charge in [0, 0.05) is 6.04 Å². The van der Waals surface area contributed by atoms with Gasteiger partial charge in [0.05, 0.1) is 0 Å². The fourth-order valence-electron chi connectivity index (χ4n) is 2.24. The lowest BCUT2D eigenvalue weighted by molar-refractivity contribution is 0.171. The van der Waals surface area contributed by atoms with Crippen molar-refractivity contribution in [1.82, 2.24) is 0 Å². The maximum absolute atomic E-state index is 6.23.